The third-order valence-electron chi connectivity index (χ3n) is 1.56. The smallest absolute Gasteiger partial charge is 0.341 e. The third-order valence-corrected chi connectivity index (χ3v) is 1.56. The molecule has 80 valence electrons. The van der Waals surface area contributed by atoms with Crippen LogP contribution in [0.15, 0.2) is 18.2 Å². The second-order valence-electron chi connectivity index (χ2n) is 2.69. The number of benzene rings is 1. The predicted molar refractivity (Wildman–Crippen MR) is 48.0 cm³/mol. The molecule has 0 saturated heterocycles. The number of carboxylic acids is 1. The normalized spacial score (nSPS) is 9.67. The fourth-order valence-electron chi connectivity index (χ4n) is 0.959. The van der Waals surface area contributed by atoms with Crippen LogP contribution in [0.5, 0.6) is 5.75 Å². The van der Waals surface area contributed by atoms with Crippen molar-refractivity contribution in [3.05, 3.63) is 29.6 Å². The van der Waals surface area contributed by atoms with Crippen LogP contribution in [0.3, 0.4) is 0 Å². The van der Waals surface area contributed by atoms with E-state index in [0.717, 1.165) is 18.2 Å². The summed E-state index contributed by atoms with van der Waals surface area (Å²) in [5.41, 5.74) is 4.92. The number of amides is 1. The molecule has 1 aromatic rings. The maximum absolute atomic E-state index is 12.8. The maximum atomic E-state index is 12.8. The molecule has 0 fully saturated rings. The maximum Gasteiger partial charge on any atom is 0.341 e. The lowest BCUT2D eigenvalue weighted by atomic mass is 10.2. The molecule has 0 aromatic heterocycles. The third kappa shape index (κ3) is 2.94. The zero-order valence-electron chi connectivity index (χ0n) is 7.57. The molecule has 0 bridgehead atoms. The first-order chi connectivity index (χ1) is 7.00. The molecule has 0 spiro atoms. The van der Waals surface area contributed by atoms with Crippen molar-refractivity contribution in [3.63, 3.8) is 0 Å². The Morgan fingerprint density at radius 2 is 2.13 bits per heavy atom. The van der Waals surface area contributed by atoms with Gasteiger partial charge in [0.05, 0.1) is 5.56 Å². The average molecular weight is 213 g/mol. The van der Waals surface area contributed by atoms with Gasteiger partial charge in [-0.25, -0.2) is 9.18 Å². The minimum absolute atomic E-state index is 0.0577. The van der Waals surface area contributed by atoms with Crippen molar-refractivity contribution in [3.8, 4) is 5.75 Å². The van der Waals surface area contributed by atoms with Crippen LogP contribution < -0.4 is 10.5 Å². The van der Waals surface area contributed by atoms with E-state index in [1.54, 1.807) is 0 Å². The van der Waals surface area contributed by atoms with Gasteiger partial charge in [0.15, 0.2) is 6.61 Å². The zero-order chi connectivity index (χ0) is 11.4. The number of carbonyl (C=O) groups is 2. The van der Waals surface area contributed by atoms with Crippen molar-refractivity contribution in [2.24, 2.45) is 5.73 Å². The van der Waals surface area contributed by atoms with Crippen LogP contribution in [0.1, 0.15) is 10.4 Å². The molecule has 0 unspecified atom stereocenters. The van der Waals surface area contributed by atoms with Crippen molar-refractivity contribution in [1.82, 2.24) is 0 Å². The number of carboxylic acid groups (broad SMARTS) is 1. The first-order valence-electron chi connectivity index (χ1n) is 3.94. The number of hydrogen-bond donors (Lipinski definition) is 2. The number of aliphatic carboxylic acids is 1. The first-order valence-corrected chi connectivity index (χ1v) is 3.94. The topological polar surface area (TPSA) is 89.6 Å². The van der Waals surface area contributed by atoms with Gasteiger partial charge in [-0.3, -0.25) is 4.79 Å². The molecule has 0 radical (unpaired) electrons. The Labute approximate surface area is 84.3 Å². The Kier molecular flexibility index (Phi) is 3.22. The first kappa shape index (κ1) is 11.0. The van der Waals surface area contributed by atoms with Crippen molar-refractivity contribution in [1.29, 1.82) is 0 Å². The van der Waals surface area contributed by atoms with Gasteiger partial charge in [0.1, 0.15) is 11.6 Å². The lowest BCUT2D eigenvalue weighted by molar-refractivity contribution is -0.139. The van der Waals surface area contributed by atoms with Gasteiger partial charge < -0.3 is 15.6 Å². The van der Waals surface area contributed by atoms with E-state index in [9.17, 15) is 14.0 Å². The van der Waals surface area contributed by atoms with E-state index >= 15 is 0 Å². The van der Waals surface area contributed by atoms with E-state index in [1.807, 2.05) is 0 Å². The van der Waals surface area contributed by atoms with Gasteiger partial charge in [-0.1, -0.05) is 0 Å². The Bertz CT molecular complexity index is 405. The summed E-state index contributed by atoms with van der Waals surface area (Å²) < 4.78 is 17.5. The van der Waals surface area contributed by atoms with E-state index in [2.05, 4.69) is 0 Å². The number of rotatable bonds is 4. The molecular formula is C9H8FNO4. The molecule has 0 saturated carbocycles. The fourth-order valence-corrected chi connectivity index (χ4v) is 0.959. The van der Waals surface area contributed by atoms with Crippen molar-refractivity contribution < 1.29 is 23.8 Å². The van der Waals surface area contributed by atoms with Gasteiger partial charge in [0.25, 0.3) is 5.91 Å². The number of nitrogens with two attached hydrogens (primary N) is 1. The minimum Gasteiger partial charge on any atom is -0.481 e. The van der Waals surface area contributed by atoms with Crippen molar-refractivity contribution >= 4 is 11.9 Å². The highest BCUT2D eigenvalue weighted by atomic mass is 19.1. The van der Waals surface area contributed by atoms with Crippen LogP contribution in [0, 0.1) is 5.82 Å². The highest BCUT2D eigenvalue weighted by molar-refractivity contribution is 5.95. The van der Waals surface area contributed by atoms with Crippen LogP contribution in [-0.2, 0) is 4.79 Å². The Morgan fingerprint density at radius 3 is 2.67 bits per heavy atom. The van der Waals surface area contributed by atoms with Gasteiger partial charge in [0, 0.05) is 6.07 Å². The lowest BCUT2D eigenvalue weighted by Crippen LogP contribution is -2.16. The highest BCUT2D eigenvalue weighted by Gasteiger charge is 2.11. The minimum atomic E-state index is -1.23. The van der Waals surface area contributed by atoms with E-state index in [0.29, 0.717) is 0 Å². The van der Waals surface area contributed by atoms with E-state index < -0.39 is 24.3 Å². The second kappa shape index (κ2) is 4.41. The van der Waals surface area contributed by atoms with Crippen LogP contribution in [0.4, 0.5) is 4.39 Å². The summed E-state index contributed by atoms with van der Waals surface area (Å²) in [6.07, 6.45) is 0. The van der Waals surface area contributed by atoms with Crippen LogP contribution in [0.2, 0.25) is 0 Å². The standard InChI is InChI=1S/C9H8FNO4/c10-5-1-2-6(9(11)14)7(3-5)15-4-8(12)13/h1-3H,4H2,(H2,11,14)(H,12,13). The predicted octanol–water partition coefficient (Wildman–Crippen LogP) is 0.388. The summed E-state index contributed by atoms with van der Waals surface area (Å²) in [6.45, 7) is -0.663. The average Bonchev–Trinajstić information content (AvgIpc) is 2.14. The summed E-state index contributed by atoms with van der Waals surface area (Å²) in [4.78, 5) is 21.1. The number of carbonyl (C=O) groups excluding carboxylic acids is 1. The Hall–Kier alpha value is -2.11. The van der Waals surface area contributed by atoms with Gasteiger partial charge in [-0.15, -0.1) is 0 Å². The molecule has 1 aromatic carbocycles. The van der Waals surface area contributed by atoms with Gasteiger partial charge >= 0.3 is 5.97 Å². The molecule has 0 heterocycles. The van der Waals surface area contributed by atoms with Crippen LogP contribution >= 0.6 is 0 Å². The fraction of sp³-hybridized carbons (Fsp3) is 0.111. The molecule has 0 aliphatic heterocycles. The zero-order valence-corrected chi connectivity index (χ0v) is 7.57. The number of ether oxygens (including phenoxy) is 1. The van der Waals surface area contributed by atoms with Crippen molar-refractivity contribution in [2.45, 2.75) is 0 Å². The quantitative estimate of drug-likeness (QED) is 0.756. The highest BCUT2D eigenvalue weighted by Crippen LogP contribution is 2.19. The van der Waals surface area contributed by atoms with Crippen molar-refractivity contribution in [2.75, 3.05) is 6.61 Å². The number of halogens is 1. The molecule has 1 amide bonds. The molecule has 3 N–H and O–H groups in total. The van der Waals surface area contributed by atoms with E-state index in [1.165, 1.54) is 0 Å². The van der Waals surface area contributed by atoms with E-state index in [-0.39, 0.29) is 11.3 Å². The lowest BCUT2D eigenvalue weighted by Gasteiger charge is -2.07. The summed E-state index contributed by atoms with van der Waals surface area (Å²) in [5.74, 6) is -2.85. The van der Waals surface area contributed by atoms with Gasteiger partial charge in [-0.05, 0) is 12.1 Å². The molecule has 6 heteroatoms. The molecule has 5 nitrogen and oxygen atoms in total. The van der Waals surface area contributed by atoms with Gasteiger partial charge in [-0.2, -0.15) is 0 Å². The monoisotopic (exact) mass is 213 g/mol. The summed E-state index contributed by atoms with van der Waals surface area (Å²) in [6, 6.07) is 3.08. The number of primary amides is 1. The van der Waals surface area contributed by atoms with Crippen LogP contribution in [0.25, 0.3) is 0 Å². The van der Waals surface area contributed by atoms with Crippen LogP contribution in [-0.4, -0.2) is 23.6 Å². The summed E-state index contributed by atoms with van der Waals surface area (Å²) in [7, 11) is 0. The summed E-state index contributed by atoms with van der Waals surface area (Å²) >= 11 is 0. The Morgan fingerprint density at radius 1 is 1.47 bits per heavy atom. The molecule has 0 aliphatic rings. The molecule has 0 aliphatic carbocycles. The summed E-state index contributed by atoms with van der Waals surface area (Å²) in [5, 5.41) is 8.34. The second-order valence-corrected chi connectivity index (χ2v) is 2.69. The number of hydrogen-bond acceptors (Lipinski definition) is 3. The molecule has 1 rings (SSSR count). The molecule has 0 atom stereocenters. The Balaban J connectivity index is 2.96. The molecule has 15 heavy (non-hydrogen) atoms. The van der Waals surface area contributed by atoms with Gasteiger partial charge in [0.2, 0.25) is 0 Å². The molecular weight excluding hydrogens is 205 g/mol. The SMILES string of the molecule is NC(=O)c1ccc(F)cc1OCC(=O)O. The largest absolute Gasteiger partial charge is 0.481 e. The van der Waals surface area contributed by atoms with E-state index in [4.69, 9.17) is 15.6 Å².